The minimum Gasteiger partial charge on any atom is -0.392 e. The second-order valence-electron chi connectivity index (χ2n) is 4.14. The van der Waals surface area contributed by atoms with E-state index in [9.17, 15) is 0 Å². The van der Waals surface area contributed by atoms with Crippen LogP contribution in [0.4, 0.5) is 0 Å². The molecule has 1 aromatic carbocycles. The van der Waals surface area contributed by atoms with Crippen LogP contribution in [0.3, 0.4) is 0 Å². The lowest BCUT2D eigenvalue weighted by Gasteiger charge is -2.06. The van der Waals surface area contributed by atoms with Gasteiger partial charge >= 0.3 is 0 Å². The highest BCUT2D eigenvalue weighted by Gasteiger charge is 2.09. The van der Waals surface area contributed by atoms with Gasteiger partial charge in [-0.3, -0.25) is 0 Å². The molecule has 2 rings (SSSR count). The van der Waals surface area contributed by atoms with E-state index in [4.69, 9.17) is 18.0 Å². The third kappa shape index (κ3) is 1.80. The van der Waals surface area contributed by atoms with Crippen LogP contribution in [0.5, 0.6) is 0 Å². The quantitative estimate of drug-likeness (QED) is 0.809. The van der Waals surface area contributed by atoms with Gasteiger partial charge in [0, 0.05) is 0 Å². The van der Waals surface area contributed by atoms with Crippen LogP contribution in [0.15, 0.2) is 12.1 Å². The maximum absolute atomic E-state index is 5.59. The number of imidazole rings is 1. The number of nitrogens with zero attached hydrogens (tertiary/aromatic N) is 2. The number of fused-ring (bicyclic) bond motifs is 1. The Morgan fingerprint density at radius 3 is 2.56 bits per heavy atom. The molecule has 0 saturated carbocycles. The van der Waals surface area contributed by atoms with Crippen molar-refractivity contribution < 1.29 is 0 Å². The molecule has 0 unspecified atom stereocenters. The highest BCUT2D eigenvalue weighted by molar-refractivity contribution is 7.80. The fraction of sp³-hybridized carbons (Fsp3) is 0.333. The van der Waals surface area contributed by atoms with E-state index in [1.807, 2.05) is 6.92 Å². The lowest BCUT2D eigenvalue weighted by Crippen LogP contribution is -2.17. The predicted octanol–water partition coefficient (Wildman–Crippen LogP) is 2.25. The lowest BCUT2D eigenvalue weighted by molar-refractivity contribution is 0.835. The summed E-state index contributed by atoms with van der Waals surface area (Å²) in [6, 6.07) is 4.25. The Labute approximate surface area is 100 Å². The largest absolute Gasteiger partial charge is 0.392 e. The highest BCUT2D eigenvalue weighted by Crippen LogP contribution is 2.20. The Balaban J connectivity index is 2.68. The summed E-state index contributed by atoms with van der Waals surface area (Å²) in [6.45, 7) is 6.72. The lowest BCUT2D eigenvalue weighted by atomic mass is 10.1. The highest BCUT2D eigenvalue weighted by atomic mass is 32.1. The van der Waals surface area contributed by atoms with Crippen LogP contribution >= 0.6 is 12.2 Å². The molecule has 4 heteroatoms. The molecule has 2 N–H and O–H groups in total. The predicted molar refractivity (Wildman–Crippen MR) is 70.7 cm³/mol. The molecule has 3 nitrogen and oxygen atoms in total. The minimum atomic E-state index is 0.487. The van der Waals surface area contributed by atoms with Gasteiger partial charge < -0.3 is 10.3 Å². The summed E-state index contributed by atoms with van der Waals surface area (Å²) < 4.78 is 2.06. The van der Waals surface area contributed by atoms with Gasteiger partial charge in [-0.2, -0.15) is 0 Å². The first-order chi connectivity index (χ1) is 7.49. The molecule has 1 heterocycles. The SMILES string of the molecule is Cc1cc2nc(C)n(CC(N)=S)c2cc1C. The number of benzene rings is 1. The summed E-state index contributed by atoms with van der Waals surface area (Å²) in [5.74, 6) is 0.952. The van der Waals surface area contributed by atoms with E-state index in [0.717, 1.165) is 16.9 Å². The zero-order valence-electron chi connectivity index (χ0n) is 9.74. The molecule has 2 aromatic rings. The third-order valence-corrected chi connectivity index (χ3v) is 3.00. The molecule has 0 atom stereocenters. The minimum absolute atomic E-state index is 0.487. The first kappa shape index (κ1) is 11.1. The Morgan fingerprint density at radius 1 is 1.31 bits per heavy atom. The van der Waals surface area contributed by atoms with Gasteiger partial charge in [0.25, 0.3) is 0 Å². The van der Waals surface area contributed by atoms with Crippen molar-refractivity contribution in [2.45, 2.75) is 27.3 Å². The van der Waals surface area contributed by atoms with Crippen LogP contribution in [0, 0.1) is 20.8 Å². The monoisotopic (exact) mass is 233 g/mol. The summed E-state index contributed by atoms with van der Waals surface area (Å²) in [7, 11) is 0. The average Bonchev–Trinajstić information content (AvgIpc) is 2.45. The summed E-state index contributed by atoms with van der Waals surface area (Å²) in [5, 5.41) is 0. The number of nitrogens with two attached hydrogens (primary N) is 1. The molecule has 0 aliphatic heterocycles. The molecule has 0 aliphatic rings. The molecule has 0 aliphatic carbocycles. The summed E-state index contributed by atoms with van der Waals surface area (Å²) in [5.41, 5.74) is 10.2. The van der Waals surface area contributed by atoms with E-state index >= 15 is 0 Å². The molecule has 0 bridgehead atoms. The number of aryl methyl sites for hydroxylation is 3. The van der Waals surface area contributed by atoms with Crippen LogP contribution in [-0.2, 0) is 6.54 Å². The van der Waals surface area contributed by atoms with Crippen molar-refractivity contribution >= 4 is 28.2 Å². The van der Waals surface area contributed by atoms with Crippen molar-refractivity contribution in [3.8, 4) is 0 Å². The first-order valence-corrected chi connectivity index (χ1v) is 5.62. The van der Waals surface area contributed by atoms with Crippen molar-refractivity contribution in [2.24, 2.45) is 5.73 Å². The molecule has 0 radical (unpaired) electrons. The van der Waals surface area contributed by atoms with Gasteiger partial charge in [0.1, 0.15) is 5.82 Å². The second-order valence-corrected chi connectivity index (χ2v) is 4.66. The molecular weight excluding hydrogens is 218 g/mol. The van der Waals surface area contributed by atoms with Crippen molar-refractivity contribution in [1.29, 1.82) is 0 Å². The molecule has 0 fully saturated rings. The fourth-order valence-corrected chi connectivity index (χ4v) is 1.98. The van der Waals surface area contributed by atoms with Crippen molar-refractivity contribution in [1.82, 2.24) is 9.55 Å². The maximum atomic E-state index is 5.59. The Bertz CT molecular complexity index is 569. The molecule has 84 valence electrons. The van der Waals surface area contributed by atoms with Gasteiger partial charge in [-0.15, -0.1) is 0 Å². The van der Waals surface area contributed by atoms with E-state index in [0.29, 0.717) is 11.5 Å². The molecular formula is C12H15N3S. The van der Waals surface area contributed by atoms with E-state index in [1.54, 1.807) is 0 Å². The zero-order chi connectivity index (χ0) is 11.9. The number of rotatable bonds is 2. The van der Waals surface area contributed by atoms with Gasteiger partial charge in [0.05, 0.1) is 22.6 Å². The van der Waals surface area contributed by atoms with Crippen LogP contribution in [-0.4, -0.2) is 14.5 Å². The van der Waals surface area contributed by atoms with E-state index in [2.05, 4.69) is 35.5 Å². The molecule has 16 heavy (non-hydrogen) atoms. The van der Waals surface area contributed by atoms with Gasteiger partial charge in [0.2, 0.25) is 0 Å². The van der Waals surface area contributed by atoms with Gasteiger partial charge in [0.15, 0.2) is 0 Å². The number of aromatic nitrogens is 2. The molecule has 0 spiro atoms. The average molecular weight is 233 g/mol. The molecule has 0 amide bonds. The first-order valence-electron chi connectivity index (χ1n) is 5.21. The van der Waals surface area contributed by atoms with Gasteiger partial charge in [-0.25, -0.2) is 4.98 Å². The molecule has 0 saturated heterocycles. The fourth-order valence-electron chi connectivity index (χ4n) is 1.86. The van der Waals surface area contributed by atoms with Gasteiger partial charge in [-0.05, 0) is 44.0 Å². The summed E-state index contributed by atoms with van der Waals surface area (Å²) in [4.78, 5) is 5.00. The zero-order valence-corrected chi connectivity index (χ0v) is 10.6. The second kappa shape index (κ2) is 3.87. The normalized spacial score (nSPS) is 10.9. The molecule has 1 aromatic heterocycles. The van der Waals surface area contributed by atoms with Crippen LogP contribution in [0.1, 0.15) is 17.0 Å². The topological polar surface area (TPSA) is 43.8 Å². The van der Waals surface area contributed by atoms with Crippen molar-refractivity contribution in [2.75, 3.05) is 0 Å². The van der Waals surface area contributed by atoms with Gasteiger partial charge in [-0.1, -0.05) is 12.2 Å². The van der Waals surface area contributed by atoms with Crippen LogP contribution < -0.4 is 5.73 Å². The van der Waals surface area contributed by atoms with Crippen LogP contribution in [0.2, 0.25) is 0 Å². The van der Waals surface area contributed by atoms with Crippen molar-refractivity contribution in [3.63, 3.8) is 0 Å². The standard InChI is InChI=1S/C12H15N3S/c1-7-4-10-11(5-8(7)2)15(6-12(13)16)9(3)14-10/h4-5H,6H2,1-3H3,(H2,13,16). The van der Waals surface area contributed by atoms with E-state index in [-0.39, 0.29) is 0 Å². The Kier molecular flexibility index (Phi) is 2.68. The Hall–Kier alpha value is -1.42. The summed E-state index contributed by atoms with van der Waals surface area (Å²) in [6.07, 6.45) is 0. The maximum Gasteiger partial charge on any atom is 0.107 e. The van der Waals surface area contributed by atoms with Crippen molar-refractivity contribution in [3.05, 3.63) is 29.1 Å². The van der Waals surface area contributed by atoms with E-state index < -0.39 is 0 Å². The number of hydrogen-bond donors (Lipinski definition) is 1. The van der Waals surface area contributed by atoms with Crippen LogP contribution in [0.25, 0.3) is 11.0 Å². The third-order valence-electron chi connectivity index (χ3n) is 2.87. The number of thiocarbonyl (C=S) groups is 1. The number of hydrogen-bond acceptors (Lipinski definition) is 2. The summed E-state index contributed by atoms with van der Waals surface area (Å²) >= 11 is 4.95. The Morgan fingerprint density at radius 2 is 1.94 bits per heavy atom. The smallest absolute Gasteiger partial charge is 0.107 e. The van der Waals surface area contributed by atoms with E-state index in [1.165, 1.54) is 11.1 Å².